The van der Waals surface area contributed by atoms with Crippen LogP contribution in [0, 0.1) is 0 Å². The Morgan fingerprint density at radius 2 is 2.06 bits per heavy atom. The van der Waals surface area contributed by atoms with E-state index in [1.807, 2.05) is 22.9 Å². The summed E-state index contributed by atoms with van der Waals surface area (Å²) in [5.41, 5.74) is 2.68. The normalized spacial score (nSPS) is 16.5. The predicted octanol–water partition coefficient (Wildman–Crippen LogP) is 2.58. The van der Waals surface area contributed by atoms with Crippen LogP contribution in [-0.2, 0) is 0 Å². The van der Waals surface area contributed by atoms with E-state index in [1.165, 1.54) is 5.56 Å². The lowest BCUT2D eigenvalue weighted by Crippen LogP contribution is -2.12. The Labute approximate surface area is 106 Å². The van der Waals surface area contributed by atoms with Crippen LogP contribution in [0.15, 0.2) is 30.3 Å². The van der Waals surface area contributed by atoms with Gasteiger partial charge in [-0.05, 0) is 25.3 Å². The minimum atomic E-state index is 0.114. The Morgan fingerprint density at radius 1 is 1.33 bits per heavy atom. The molecule has 1 heterocycles. The van der Waals surface area contributed by atoms with Gasteiger partial charge in [0.2, 0.25) is 0 Å². The maximum Gasteiger partial charge on any atom is 0.172 e. The second-order valence-electron chi connectivity index (χ2n) is 4.78. The highest BCUT2D eigenvalue weighted by atomic mass is 16.1. The van der Waals surface area contributed by atoms with E-state index in [9.17, 15) is 4.79 Å². The number of carbonyl (C=O) groups excluding carboxylic acids is 1. The van der Waals surface area contributed by atoms with Gasteiger partial charge >= 0.3 is 0 Å². The van der Waals surface area contributed by atoms with Crippen molar-refractivity contribution in [1.29, 1.82) is 0 Å². The molecule has 0 spiro atoms. The number of rotatable bonds is 4. The number of benzene rings is 1. The molecule has 4 nitrogen and oxygen atoms in total. The first-order valence-corrected chi connectivity index (χ1v) is 6.26. The first kappa shape index (κ1) is 11.1. The molecule has 92 valence electrons. The number of aromatic nitrogens is 3. The molecule has 4 heteroatoms. The highest BCUT2D eigenvalue weighted by molar-refractivity contribution is 5.73. The first-order chi connectivity index (χ1) is 8.81. The van der Waals surface area contributed by atoms with Crippen molar-refractivity contribution in [3.63, 3.8) is 0 Å². The Kier molecular flexibility index (Phi) is 2.70. The standard InChI is InChI=1S/C14H15N3O/c1-10(11-5-3-2-4-6-11)17-14(12-7-8-12)13(9-18)15-16-17/h2-6,9-10,12H,7-8H2,1H3. The van der Waals surface area contributed by atoms with Crippen molar-refractivity contribution < 1.29 is 4.79 Å². The molecule has 0 bridgehead atoms. The van der Waals surface area contributed by atoms with Gasteiger partial charge in [-0.1, -0.05) is 35.5 Å². The third-order valence-electron chi connectivity index (χ3n) is 3.48. The molecule has 0 saturated heterocycles. The van der Waals surface area contributed by atoms with Crippen LogP contribution in [0.3, 0.4) is 0 Å². The fourth-order valence-electron chi connectivity index (χ4n) is 2.31. The molecule has 0 N–H and O–H groups in total. The van der Waals surface area contributed by atoms with Gasteiger partial charge in [-0.25, -0.2) is 4.68 Å². The van der Waals surface area contributed by atoms with Crippen LogP contribution in [0.25, 0.3) is 0 Å². The maximum absolute atomic E-state index is 11.0. The predicted molar refractivity (Wildman–Crippen MR) is 67.6 cm³/mol. The molecule has 1 unspecified atom stereocenters. The number of hydrogen-bond donors (Lipinski definition) is 0. The van der Waals surface area contributed by atoms with Crippen LogP contribution in [0.4, 0.5) is 0 Å². The van der Waals surface area contributed by atoms with Gasteiger partial charge in [0.25, 0.3) is 0 Å². The van der Waals surface area contributed by atoms with E-state index in [1.54, 1.807) is 0 Å². The molecule has 1 aliphatic rings. The lowest BCUT2D eigenvalue weighted by Gasteiger charge is -2.15. The van der Waals surface area contributed by atoms with Crippen molar-refractivity contribution in [3.05, 3.63) is 47.3 Å². The molecule has 2 aromatic rings. The van der Waals surface area contributed by atoms with E-state index in [2.05, 4.69) is 29.4 Å². The first-order valence-electron chi connectivity index (χ1n) is 6.26. The van der Waals surface area contributed by atoms with Gasteiger partial charge in [-0.15, -0.1) is 5.10 Å². The molecule has 0 amide bonds. The third kappa shape index (κ3) is 1.83. The number of carbonyl (C=O) groups is 1. The summed E-state index contributed by atoms with van der Waals surface area (Å²) in [7, 11) is 0. The number of hydrogen-bond acceptors (Lipinski definition) is 3. The van der Waals surface area contributed by atoms with Gasteiger partial charge in [0.05, 0.1) is 11.7 Å². The minimum absolute atomic E-state index is 0.114. The summed E-state index contributed by atoms with van der Waals surface area (Å²) in [6.07, 6.45) is 3.08. The molecule has 1 aromatic heterocycles. The molecule has 1 fully saturated rings. The van der Waals surface area contributed by atoms with E-state index in [4.69, 9.17) is 0 Å². The Balaban J connectivity index is 2.01. The quantitative estimate of drug-likeness (QED) is 0.773. The van der Waals surface area contributed by atoms with Crippen LogP contribution in [-0.4, -0.2) is 21.3 Å². The summed E-state index contributed by atoms with van der Waals surface area (Å²) in [5, 5.41) is 8.15. The van der Waals surface area contributed by atoms with Gasteiger partial charge in [0.15, 0.2) is 6.29 Å². The molecule has 0 radical (unpaired) electrons. The van der Waals surface area contributed by atoms with Crippen LogP contribution in [0.1, 0.15) is 53.5 Å². The lowest BCUT2D eigenvalue weighted by atomic mass is 10.1. The van der Waals surface area contributed by atoms with E-state index < -0.39 is 0 Å². The summed E-state index contributed by atoms with van der Waals surface area (Å²) < 4.78 is 1.90. The van der Waals surface area contributed by atoms with Crippen LogP contribution >= 0.6 is 0 Å². The molecular weight excluding hydrogens is 226 g/mol. The van der Waals surface area contributed by atoms with Crippen molar-refractivity contribution in [2.75, 3.05) is 0 Å². The van der Waals surface area contributed by atoms with E-state index in [0.29, 0.717) is 11.6 Å². The SMILES string of the molecule is CC(c1ccccc1)n1nnc(C=O)c1C1CC1. The fourth-order valence-corrected chi connectivity index (χ4v) is 2.31. The summed E-state index contributed by atoms with van der Waals surface area (Å²) >= 11 is 0. The summed E-state index contributed by atoms with van der Waals surface area (Å²) in [6, 6.07) is 10.3. The Morgan fingerprint density at radius 3 is 2.67 bits per heavy atom. The lowest BCUT2D eigenvalue weighted by molar-refractivity contribution is 0.111. The van der Waals surface area contributed by atoms with E-state index in [-0.39, 0.29) is 6.04 Å². The van der Waals surface area contributed by atoms with Crippen molar-refractivity contribution >= 4 is 6.29 Å². The molecule has 1 aromatic carbocycles. The molecule has 1 atom stereocenters. The number of nitrogens with zero attached hydrogens (tertiary/aromatic N) is 3. The molecule has 3 rings (SSSR count). The Hall–Kier alpha value is -1.97. The average molecular weight is 241 g/mol. The van der Waals surface area contributed by atoms with Crippen molar-refractivity contribution in [2.24, 2.45) is 0 Å². The van der Waals surface area contributed by atoms with Gasteiger partial charge in [0.1, 0.15) is 5.69 Å². The maximum atomic E-state index is 11.0. The summed E-state index contributed by atoms with van der Waals surface area (Å²) in [6.45, 7) is 2.09. The van der Waals surface area contributed by atoms with Crippen LogP contribution in [0.2, 0.25) is 0 Å². The highest BCUT2D eigenvalue weighted by Gasteiger charge is 2.32. The smallest absolute Gasteiger partial charge is 0.172 e. The van der Waals surface area contributed by atoms with Crippen molar-refractivity contribution in [2.45, 2.75) is 31.7 Å². The van der Waals surface area contributed by atoms with Crippen molar-refractivity contribution in [1.82, 2.24) is 15.0 Å². The molecule has 1 saturated carbocycles. The molecule has 18 heavy (non-hydrogen) atoms. The highest BCUT2D eigenvalue weighted by Crippen LogP contribution is 2.42. The molecule has 0 aliphatic heterocycles. The summed E-state index contributed by atoms with van der Waals surface area (Å²) in [4.78, 5) is 11.0. The van der Waals surface area contributed by atoms with Crippen molar-refractivity contribution in [3.8, 4) is 0 Å². The fraction of sp³-hybridized carbons (Fsp3) is 0.357. The number of aldehydes is 1. The Bertz CT molecular complexity index is 558. The second kappa shape index (κ2) is 4.37. The average Bonchev–Trinajstić information content (AvgIpc) is 3.18. The zero-order valence-corrected chi connectivity index (χ0v) is 10.3. The summed E-state index contributed by atoms with van der Waals surface area (Å²) in [5.74, 6) is 0.464. The molecule has 1 aliphatic carbocycles. The largest absolute Gasteiger partial charge is 0.296 e. The van der Waals surface area contributed by atoms with Gasteiger partial charge in [-0.3, -0.25) is 4.79 Å². The van der Waals surface area contributed by atoms with Crippen LogP contribution < -0.4 is 0 Å². The monoisotopic (exact) mass is 241 g/mol. The van der Waals surface area contributed by atoms with Gasteiger partial charge in [0, 0.05) is 5.92 Å². The zero-order chi connectivity index (χ0) is 12.5. The second-order valence-corrected chi connectivity index (χ2v) is 4.78. The van der Waals surface area contributed by atoms with Gasteiger partial charge in [-0.2, -0.15) is 0 Å². The zero-order valence-electron chi connectivity index (χ0n) is 10.3. The molecular formula is C14H15N3O. The minimum Gasteiger partial charge on any atom is -0.296 e. The van der Waals surface area contributed by atoms with E-state index in [0.717, 1.165) is 24.8 Å². The topological polar surface area (TPSA) is 47.8 Å². The van der Waals surface area contributed by atoms with Gasteiger partial charge < -0.3 is 0 Å². The van der Waals surface area contributed by atoms with E-state index >= 15 is 0 Å². The van der Waals surface area contributed by atoms with Crippen LogP contribution in [0.5, 0.6) is 0 Å². The third-order valence-corrected chi connectivity index (χ3v) is 3.48.